The molecule has 1 aromatic heterocycles. The molecule has 2 heterocycles. The molecule has 1 N–H and O–H groups in total. The van der Waals surface area contributed by atoms with Gasteiger partial charge in [0.05, 0.1) is 0 Å². The number of halogens is 1. The monoisotopic (exact) mass is 413 g/mol. The lowest BCUT2D eigenvalue weighted by Crippen LogP contribution is -2.48. The molecule has 6 nitrogen and oxygen atoms in total. The molecule has 0 atom stereocenters. The third kappa shape index (κ3) is 3.88. The summed E-state index contributed by atoms with van der Waals surface area (Å²) >= 11 is 7.06. The van der Waals surface area contributed by atoms with E-state index in [4.69, 9.17) is 11.6 Å². The van der Waals surface area contributed by atoms with Crippen LogP contribution in [0.4, 0.5) is 5.69 Å². The number of hydrogen-bond donors (Lipinski definition) is 1. The zero-order valence-corrected chi connectivity index (χ0v) is 16.7. The van der Waals surface area contributed by atoms with Gasteiger partial charge in [-0.25, -0.2) is 8.42 Å². The maximum atomic E-state index is 13.0. The smallest absolute Gasteiger partial charge is 0.262 e. The number of nitrogens with one attached hydrogen (secondary N) is 1. The Labute approximate surface area is 162 Å². The third-order valence-corrected chi connectivity index (χ3v) is 7.46. The normalized spacial score (nSPS) is 15.8. The van der Waals surface area contributed by atoms with Crippen LogP contribution < -0.4 is 10.2 Å². The molecule has 0 unspecified atom stereocenters. The van der Waals surface area contributed by atoms with Crippen LogP contribution in [-0.2, 0) is 10.0 Å². The van der Waals surface area contributed by atoms with Crippen LogP contribution in [0.5, 0.6) is 0 Å². The summed E-state index contributed by atoms with van der Waals surface area (Å²) in [6, 6.07) is 9.02. The van der Waals surface area contributed by atoms with E-state index < -0.39 is 10.0 Å². The molecule has 1 fully saturated rings. The van der Waals surface area contributed by atoms with Crippen molar-refractivity contribution in [1.82, 2.24) is 9.62 Å². The van der Waals surface area contributed by atoms with Gasteiger partial charge < -0.3 is 10.2 Å². The van der Waals surface area contributed by atoms with E-state index in [1.165, 1.54) is 10.4 Å². The van der Waals surface area contributed by atoms with Crippen molar-refractivity contribution in [2.75, 3.05) is 37.6 Å². The minimum atomic E-state index is -3.69. The van der Waals surface area contributed by atoms with Crippen molar-refractivity contribution in [3.8, 4) is 0 Å². The molecule has 9 heteroatoms. The molecule has 2 aromatic rings. The van der Waals surface area contributed by atoms with Gasteiger partial charge in [-0.2, -0.15) is 4.31 Å². The van der Waals surface area contributed by atoms with E-state index in [9.17, 15) is 13.2 Å². The average molecular weight is 414 g/mol. The molecule has 1 saturated heterocycles. The number of benzene rings is 1. The predicted octanol–water partition coefficient (Wildman–Crippen LogP) is 2.66. The maximum absolute atomic E-state index is 13.0. The summed E-state index contributed by atoms with van der Waals surface area (Å²) in [4.78, 5) is 14.6. The van der Waals surface area contributed by atoms with Gasteiger partial charge in [0.1, 0.15) is 9.77 Å². The van der Waals surface area contributed by atoms with Gasteiger partial charge in [-0.3, -0.25) is 4.79 Å². The Morgan fingerprint density at radius 2 is 1.81 bits per heavy atom. The molecule has 0 radical (unpaired) electrons. The number of carbonyl (C=O) groups excluding carboxylic acids is 1. The highest BCUT2D eigenvalue weighted by molar-refractivity contribution is 7.89. The van der Waals surface area contributed by atoms with Gasteiger partial charge in [-0.15, -0.1) is 11.3 Å². The molecule has 1 amide bonds. The molecule has 3 rings (SSSR count). The summed E-state index contributed by atoms with van der Waals surface area (Å²) < 4.78 is 27.4. The van der Waals surface area contributed by atoms with E-state index >= 15 is 0 Å². The van der Waals surface area contributed by atoms with Gasteiger partial charge in [0.15, 0.2) is 0 Å². The first-order valence-electron chi connectivity index (χ1n) is 8.30. The zero-order valence-electron chi connectivity index (χ0n) is 14.3. The Morgan fingerprint density at radius 3 is 2.42 bits per heavy atom. The fraction of sp³-hybridized carbons (Fsp3) is 0.353. The van der Waals surface area contributed by atoms with Gasteiger partial charge in [-0.05, 0) is 42.6 Å². The van der Waals surface area contributed by atoms with Crippen molar-refractivity contribution in [2.24, 2.45) is 0 Å². The van der Waals surface area contributed by atoms with Crippen molar-refractivity contribution >= 4 is 44.6 Å². The van der Waals surface area contributed by atoms with Crippen LogP contribution in [0.15, 0.2) is 40.6 Å². The van der Waals surface area contributed by atoms with E-state index in [0.29, 0.717) is 37.7 Å². The number of anilines is 1. The number of nitrogens with zero attached hydrogens (tertiary/aromatic N) is 2. The van der Waals surface area contributed by atoms with Crippen molar-refractivity contribution in [3.63, 3.8) is 0 Å². The first kappa shape index (κ1) is 19.2. The Morgan fingerprint density at radius 1 is 1.15 bits per heavy atom. The Bertz CT molecular complexity index is 873. The lowest BCUT2D eigenvalue weighted by atomic mass is 10.2. The molecule has 1 aliphatic rings. The number of carbonyl (C=O) groups is 1. The predicted molar refractivity (Wildman–Crippen MR) is 105 cm³/mol. The summed E-state index contributed by atoms with van der Waals surface area (Å²) in [6.45, 7) is 4.17. The molecule has 26 heavy (non-hydrogen) atoms. The summed E-state index contributed by atoms with van der Waals surface area (Å²) in [5.41, 5.74) is 1.02. The van der Waals surface area contributed by atoms with E-state index in [2.05, 4.69) is 10.2 Å². The number of amides is 1. The summed E-state index contributed by atoms with van der Waals surface area (Å²) in [6.07, 6.45) is 0. The van der Waals surface area contributed by atoms with Crippen molar-refractivity contribution in [2.45, 2.75) is 11.8 Å². The minimum absolute atomic E-state index is 0.0911. The van der Waals surface area contributed by atoms with E-state index in [0.717, 1.165) is 17.0 Å². The number of sulfonamides is 1. The average Bonchev–Trinajstić information content (AvgIpc) is 3.13. The second kappa shape index (κ2) is 7.96. The van der Waals surface area contributed by atoms with Crippen molar-refractivity contribution in [3.05, 3.63) is 45.6 Å². The van der Waals surface area contributed by atoms with E-state index in [1.807, 2.05) is 24.3 Å². The number of piperazine rings is 1. The lowest BCUT2D eigenvalue weighted by Gasteiger charge is -2.35. The zero-order chi connectivity index (χ0) is 18.7. The topological polar surface area (TPSA) is 69.7 Å². The second-order valence-corrected chi connectivity index (χ2v) is 9.10. The SMILES string of the molecule is CCNC(=O)c1sccc1S(=O)(=O)N1CCN(c2ccc(Cl)cc2)CC1. The van der Waals surface area contributed by atoms with Gasteiger partial charge in [0.25, 0.3) is 5.91 Å². The van der Waals surface area contributed by atoms with Crippen LogP contribution in [0.2, 0.25) is 5.02 Å². The quantitative estimate of drug-likeness (QED) is 0.818. The van der Waals surface area contributed by atoms with E-state index in [1.54, 1.807) is 12.3 Å². The van der Waals surface area contributed by atoms with Gasteiger partial charge >= 0.3 is 0 Å². The maximum Gasteiger partial charge on any atom is 0.262 e. The molecule has 0 spiro atoms. The van der Waals surface area contributed by atoms with Crippen LogP contribution in [0.3, 0.4) is 0 Å². The van der Waals surface area contributed by atoms with Crippen LogP contribution in [-0.4, -0.2) is 51.4 Å². The minimum Gasteiger partial charge on any atom is -0.369 e. The van der Waals surface area contributed by atoms with Crippen LogP contribution in [0.25, 0.3) is 0 Å². The standard InChI is InChI=1S/C17H20ClN3O3S2/c1-2-19-17(22)16-15(7-12-25-16)26(23,24)21-10-8-20(9-11-21)14-5-3-13(18)4-6-14/h3-7,12H,2,8-11H2,1H3,(H,19,22). The summed E-state index contributed by atoms with van der Waals surface area (Å²) in [5.74, 6) is -0.346. The fourth-order valence-corrected chi connectivity index (χ4v) is 5.75. The van der Waals surface area contributed by atoms with Gasteiger partial charge in [0, 0.05) is 43.4 Å². The Kier molecular flexibility index (Phi) is 5.86. The van der Waals surface area contributed by atoms with E-state index in [-0.39, 0.29) is 15.7 Å². The Hall–Kier alpha value is -1.61. The van der Waals surface area contributed by atoms with Crippen molar-refractivity contribution < 1.29 is 13.2 Å². The third-order valence-electron chi connectivity index (χ3n) is 4.22. The number of rotatable bonds is 5. The van der Waals surface area contributed by atoms with Crippen molar-refractivity contribution in [1.29, 1.82) is 0 Å². The second-order valence-electron chi connectivity index (χ2n) is 5.84. The van der Waals surface area contributed by atoms with Crippen LogP contribution in [0, 0.1) is 0 Å². The first-order chi connectivity index (χ1) is 12.4. The highest BCUT2D eigenvalue weighted by Gasteiger charge is 2.32. The molecule has 1 aromatic carbocycles. The lowest BCUT2D eigenvalue weighted by molar-refractivity contribution is 0.0956. The highest BCUT2D eigenvalue weighted by Crippen LogP contribution is 2.27. The van der Waals surface area contributed by atoms with Crippen LogP contribution in [0.1, 0.15) is 16.6 Å². The molecule has 140 valence electrons. The first-order valence-corrected chi connectivity index (χ1v) is 11.0. The fourth-order valence-electron chi connectivity index (χ4n) is 2.88. The number of thiophene rings is 1. The summed E-state index contributed by atoms with van der Waals surface area (Å²) in [5, 5.41) is 4.98. The summed E-state index contributed by atoms with van der Waals surface area (Å²) in [7, 11) is -3.69. The Balaban J connectivity index is 1.73. The molecular formula is C17H20ClN3O3S2. The largest absolute Gasteiger partial charge is 0.369 e. The molecule has 0 saturated carbocycles. The van der Waals surface area contributed by atoms with Gasteiger partial charge in [0.2, 0.25) is 10.0 Å². The molecular weight excluding hydrogens is 394 g/mol. The highest BCUT2D eigenvalue weighted by atomic mass is 35.5. The van der Waals surface area contributed by atoms with Gasteiger partial charge in [-0.1, -0.05) is 11.6 Å². The molecule has 0 aliphatic carbocycles. The molecule has 1 aliphatic heterocycles. The van der Waals surface area contributed by atoms with Crippen LogP contribution >= 0.6 is 22.9 Å². The number of hydrogen-bond acceptors (Lipinski definition) is 5. The molecule has 0 bridgehead atoms.